The fourth-order valence-electron chi connectivity index (χ4n) is 4.62. The summed E-state index contributed by atoms with van der Waals surface area (Å²) in [5.74, 6) is 1.38. The van der Waals surface area contributed by atoms with Crippen LogP contribution in [0.4, 0.5) is 5.95 Å². The standard InChI is InChI=1S/C26H29Cl2N7O2/c1-16(23-20(27)12-29-13-21(23)28)37-18-5-6-22-19(9-18)24(33-32-22)17-10-30-25(31-11-17)35-14-26(2,15-35)34(3)7-8-36-4/h5-6,9-13,16H,7-8,14-15H2,1-4H3,(H,32,33)/t16-/m1/s1. The molecule has 4 heterocycles. The fourth-order valence-corrected chi connectivity index (χ4v) is 5.29. The number of aromatic nitrogens is 5. The van der Waals surface area contributed by atoms with Gasteiger partial charge in [0, 0.05) is 68.0 Å². The van der Waals surface area contributed by atoms with Crippen LogP contribution in [0.2, 0.25) is 10.0 Å². The number of anilines is 1. The molecule has 0 radical (unpaired) electrons. The predicted molar refractivity (Wildman–Crippen MR) is 146 cm³/mol. The van der Waals surface area contributed by atoms with E-state index in [0.717, 1.165) is 41.8 Å². The van der Waals surface area contributed by atoms with Crippen molar-refractivity contribution >= 4 is 40.1 Å². The summed E-state index contributed by atoms with van der Waals surface area (Å²) in [6.45, 7) is 7.48. The molecule has 1 aliphatic heterocycles. The second-order valence-electron chi connectivity index (χ2n) is 9.60. The number of likely N-dealkylation sites (N-methyl/N-ethyl adjacent to an activating group) is 1. The Morgan fingerprint density at radius 2 is 1.84 bits per heavy atom. The normalized spacial score (nSPS) is 15.7. The van der Waals surface area contributed by atoms with Crippen LogP contribution in [0, 0.1) is 0 Å². The molecule has 1 atom stereocenters. The zero-order chi connectivity index (χ0) is 26.2. The molecule has 0 unspecified atom stereocenters. The lowest BCUT2D eigenvalue weighted by molar-refractivity contribution is 0.0685. The zero-order valence-electron chi connectivity index (χ0n) is 21.2. The van der Waals surface area contributed by atoms with Crippen LogP contribution < -0.4 is 9.64 Å². The van der Waals surface area contributed by atoms with Crippen molar-refractivity contribution < 1.29 is 9.47 Å². The quantitative estimate of drug-likeness (QED) is 0.315. The summed E-state index contributed by atoms with van der Waals surface area (Å²) in [4.78, 5) is 17.8. The van der Waals surface area contributed by atoms with Crippen molar-refractivity contribution in [1.82, 2.24) is 30.0 Å². The number of nitrogens with zero attached hydrogens (tertiary/aromatic N) is 6. The smallest absolute Gasteiger partial charge is 0.225 e. The average molecular weight is 542 g/mol. The number of aromatic amines is 1. The van der Waals surface area contributed by atoms with E-state index in [9.17, 15) is 0 Å². The van der Waals surface area contributed by atoms with Gasteiger partial charge in [0.2, 0.25) is 5.95 Å². The van der Waals surface area contributed by atoms with Gasteiger partial charge >= 0.3 is 0 Å². The highest BCUT2D eigenvalue weighted by atomic mass is 35.5. The number of hydrogen-bond donors (Lipinski definition) is 1. The molecule has 1 fully saturated rings. The SMILES string of the molecule is COCCN(C)C1(C)CN(c2ncc(-c3n[nH]c4ccc(O[C@H](C)c5c(Cl)cncc5Cl)cc34)cn2)C1. The Kier molecular flexibility index (Phi) is 7.22. The molecule has 194 valence electrons. The molecule has 1 saturated heterocycles. The lowest BCUT2D eigenvalue weighted by Crippen LogP contribution is -2.68. The van der Waals surface area contributed by atoms with Gasteiger partial charge in [-0.05, 0) is 39.1 Å². The van der Waals surface area contributed by atoms with E-state index < -0.39 is 0 Å². The Morgan fingerprint density at radius 1 is 1.14 bits per heavy atom. The summed E-state index contributed by atoms with van der Waals surface area (Å²) in [6.07, 6.45) is 6.38. The van der Waals surface area contributed by atoms with Gasteiger partial charge in [0.1, 0.15) is 17.5 Å². The molecule has 0 spiro atoms. The Balaban J connectivity index is 1.31. The summed E-state index contributed by atoms with van der Waals surface area (Å²) in [7, 11) is 3.85. The van der Waals surface area contributed by atoms with Crippen LogP contribution in [0.25, 0.3) is 22.2 Å². The maximum Gasteiger partial charge on any atom is 0.225 e. The van der Waals surface area contributed by atoms with E-state index >= 15 is 0 Å². The van der Waals surface area contributed by atoms with Crippen molar-refractivity contribution in [3.8, 4) is 17.0 Å². The Hall–Kier alpha value is -2.98. The summed E-state index contributed by atoms with van der Waals surface area (Å²) in [5.41, 5.74) is 3.24. The number of methoxy groups -OCH3 is 1. The molecular weight excluding hydrogens is 513 g/mol. The van der Waals surface area contributed by atoms with E-state index in [0.29, 0.717) is 33.9 Å². The van der Waals surface area contributed by atoms with Gasteiger partial charge in [0.05, 0.1) is 27.7 Å². The topological polar surface area (TPSA) is 92.3 Å². The van der Waals surface area contributed by atoms with E-state index in [1.807, 2.05) is 37.5 Å². The number of pyridine rings is 1. The second kappa shape index (κ2) is 10.4. The molecular formula is C26H29Cl2N7O2. The Labute approximate surface area is 225 Å². The van der Waals surface area contributed by atoms with E-state index in [-0.39, 0.29) is 11.6 Å². The average Bonchev–Trinajstić information content (AvgIpc) is 3.28. The highest BCUT2D eigenvalue weighted by Gasteiger charge is 2.43. The number of fused-ring (bicyclic) bond motifs is 1. The first-order valence-corrected chi connectivity index (χ1v) is 12.8. The van der Waals surface area contributed by atoms with Crippen LogP contribution >= 0.6 is 23.2 Å². The van der Waals surface area contributed by atoms with Crippen LogP contribution in [0.5, 0.6) is 5.75 Å². The van der Waals surface area contributed by atoms with Crippen LogP contribution in [0.3, 0.4) is 0 Å². The first-order chi connectivity index (χ1) is 17.8. The van der Waals surface area contributed by atoms with Crippen LogP contribution in [0.1, 0.15) is 25.5 Å². The van der Waals surface area contributed by atoms with Crippen molar-refractivity contribution in [2.75, 3.05) is 45.3 Å². The molecule has 0 saturated carbocycles. The minimum Gasteiger partial charge on any atom is -0.486 e. The van der Waals surface area contributed by atoms with Crippen molar-refractivity contribution in [3.05, 3.63) is 58.6 Å². The summed E-state index contributed by atoms with van der Waals surface area (Å²) >= 11 is 12.6. The molecule has 11 heteroatoms. The number of H-pyrrole nitrogens is 1. The molecule has 5 rings (SSSR count). The van der Waals surface area contributed by atoms with Gasteiger partial charge in [0.15, 0.2) is 0 Å². The summed E-state index contributed by atoms with van der Waals surface area (Å²) in [5, 5.41) is 9.43. The molecule has 4 aromatic rings. The van der Waals surface area contributed by atoms with Gasteiger partial charge in [0.25, 0.3) is 0 Å². The van der Waals surface area contributed by atoms with E-state index in [1.54, 1.807) is 19.5 Å². The van der Waals surface area contributed by atoms with Gasteiger partial charge < -0.3 is 14.4 Å². The van der Waals surface area contributed by atoms with E-state index in [4.69, 9.17) is 32.7 Å². The molecule has 0 aliphatic carbocycles. The first-order valence-electron chi connectivity index (χ1n) is 12.0. The first kappa shape index (κ1) is 25.7. The van der Waals surface area contributed by atoms with E-state index in [1.165, 1.54) is 0 Å². The van der Waals surface area contributed by atoms with Crippen LogP contribution in [-0.2, 0) is 4.74 Å². The maximum absolute atomic E-state index is 6.31. The molecule has 1 N–H and O–H groups in total. The van der Waals surface area contributed by atoms with E-state index in [2.05, 4.69) is 48.9 Å². The minimum absolute atomic E-state index is 0.0806. The number of nitrogens with one attached hydrogen (secondary N) is 1. The third kappa shape index (κ3) is 5.09. The number of halogens is 2. The van der Waals surface area contributed by atoms with Crippen LogP contribution in [-0.4, -0.2) is 76.0 Å². The Morgan fingerprint density at radius 3 is 2.51 bits per heavy atom. The van der Waals surface area contributed by atoms with Gasteiger partial charge in [-0.2, -0.15) is 5.10 Å². The Bertz CT molecular complexity index is 1370. The summed E-state index contributed by atoms with van der Waals surface area (Å²) in [6, 6.07) is 5.76. The van der Waals surface area contributed by atoms with Gasteiger partial charge in [-0.15, -0.1) is 0 Å². The van der Waals surface area contributed by atoms with Crippen molar-refractivity contribution in [3.63, 3.8) is 0 Å². The molecule has 0 amide bonds. The fraction of sp³-hybridized carbons (Fsp3) is 0.385. The summed E-state index contributed by atoms with van der Waals surface area (Å²) < 4.78 is 11.4. The number of hydrogen-bond acceptors (Lipinski definition) is 8. The molecule has 3 aromatic heterocycles. The highest BCUT2D eigenvalue weighted by molar-refractivity contribution is 6.35. The number of ether oxygens (including phenoxy) is 2. The van der Waals surface area contributed by atoms with Crippen molar-refractivity contribution in [2.24, 2.45) is 0 Å². The second-order valence-corrected chi connectivity index (χ2v) is 10.4. The zero-order valence-corrected chi connectivity index (χ0v) is 22.7. The lowest BCUT2D eigenvalue weighted by Gasteiger charge is -2.52. The van der Waals surface area contributed by atoms with Crippen molar-refractivity contribution in [1.29, 1.82) is 0 Å². The number of benzene rings is 1. The largest absolute Gasteiger partial charge is 0.486 e. The van der Waals surface area contributed by atoms with Gasteiger partial charge in [-0.3, -0.25) is 15.0 Å². The van der Waals surface area contributed by atoms with Crippen molar-refractivity contribution in [2.45, 2.75) is 25.5 Å². The van der Waals surface area contributed by atoms with Gasteiger partial charge in [-0.25, -0.2) is 9.97 Å². The molecule has 37 heavy (non-hydrogen) atoms. The molecule has 1 aliphatic rings. The van der Waals surface area contributed by atoms with Gasteiger partial charge in [-0.1, -0.05) is 23.2 Å². The molecule has 9 nitrogen and oxygen atoms in total. The highest BCUT2D eigenvalue weighted by Crippen LogP contribution is 2.35. The molecule has 0 bridgehead atoms. The third-order valence-electron chi connectivity index (χ3n) is 6.95. The predicted octanol–water partition coefficient (Wildman–Crippen LogP) is 5.02. The van der Waals surface area contributed by atoms with Crippen LogP contribution in [0.15, 0.2) is 43.0 Å². The molecule has 1 aromatic carbocycles. The third-order valence-corrected chi connectivity index (χ3v) is 7.56. The lowest BCUT2D eigenvalue weighted by atomic mass is 9.91. The minimum atomic E-state index is -0.367. The number of rotatable bonds is 9. The maximum atomic E-state index is 6.31. The monoisotopic (exact) mass is 541 g/mol.